The molecule has 0 radical (unpaired) electrons. The van der Waals surface area contributed by atoms with Crippen LogP contribution in [0.15, 0.2) is 47.6 Å². The summed E-state index contributed by atoms with van der Waals surface area (Å²) in [5, 5.41) is 4.95. The van der Waals surface area contributed by atoms with Crippen molar-refractivity contribution in [3.05, 3.63) is 58.1 Å². The van der Waals surface area contributed by atoms with Crippen molar-refractivity contribution >= 4 is 35.3 Å². The van der Waals surface area contributed by atoms with Crippen LogP contribution in [-0.4, -0.2) is 25.3 Å². The fourth-order valence-corrected chi connectivity index (χ4v) is 2.13. The van der Waals surface area contributed by atoms with Crippen LogP contribution in [0.5, 0.6) is 11.5 Å². The number of nitrogens with one attached hydrogen (secondary N) is 1. The molecule has 0 atom stereocenters. The van der Waals surface area contributed by atoms with Crippen molar-refractivity contribution in [3.8, 4) is 11.5 Å². The zero-order valence-electron chi connectivity index (χ0n) is 13.0. The summed E-state index contributed by atoms with van der Waals surface area (Å²) in [5.74, 6) is 0.784. The Morgan fingerprint density at radius 2 is 1.92 bits per heavy atom. The van der Waals surface area contributed by atoms with Crippen LogP contribution in [0.3, 0.4) is 0 Å². The molecule has 0 saturated carbocycles. The standard InChI is InChI=1S/C17H16Cl2N2O3/c1-2-23-16-8-3-12(9-15(16)19)10-20-21-17(22)11-24-14-6-4-13(18)5-7-14/h3-10H,2,11H2,1H3,(H,21,22)/b20-10+. The van der Waals surface area contributed by atoms with Gasteiger partial charge in [0.1, 0.15) is 11.5 Å². The fourth-order valence-electron chi connectivity index (χ4n) is 1.76. The van der Waals surface area contributed by atoms with Crippen LogP contribution in [0.25, 0.3) is 0 Å². The van der Waals surface area contributed by atoms with E-state index in [-0.39, 0.29) is 12.5 Å². The van der Waals surface area contributed by atoms with Crippen molar-refractivity contribution in [3.63, 3.8) is 0 Å². The first kappa shape index (κ1) is 18.1. The van der Waals surface area contributed by atoms with Crippen LogP contribution >= 0.6 is 23.2 Å². The van der Waals surface area contributed by atoms with Gasteiger partial charge in [-0.3, -0.25) is 4.79 Å². The molecule has 0 bridgehead atoms. The second-order valence-corrected chi connectivity index (χ2v) is 5.50. The van der Waals surface area contributed by atoms with Crippen molar-refractivity contribution in [1.29, 1.82) is 0 Å². The van der Waals surface area contributed by atoms with E-state index in [9.17, 15) is 4.79 Å². The monoisotopic (exact) mass is 366 g/mol. The molecule has 2 rings (SSSR count). The molecule has 7 heteroatoms. The third-order valence-electron chi connectivity index (χ3n) is 2.84. The van der Waals surface area contributed by atoms with Crippen LogP contribution < -0.4 is 14.9 Å². The summed E-state index contributed by atoms with van der Waals surface area (Å²) >= 11 is 11.8. The Morgan fingerprint density at radius 1 is 1.17 bits per heavy atom. The van der Waals surface area contributed by atoms with E-state index in [1.807, 2.05) is 6.92 Å². The number of hydrogen-bond donors (Lipinski definition) is 1. The lowest BCUT2D eigenvalue weighted by atomic mass is 10.2. The van der Waals surface area contributed by atoms with Crippen molar-refractivity contribution in [2.24, 2.45) is 5.10 Å². The molecule has 126 valence electrons. The highest BCUT2D eigenvalue weighted by Gasteiger charge is 2.03. The minimum Gasteiger partial charge on any atom is -0.492 e. The van der Waals surface area contributed by atoms with Crippen LogP contribution in [0.2, 0.25) is 10.0 Å². The molecule has 0 spiro atoms. The molecule has 0 aliphatic carbocycles. The lowest BCUT2D eigenvalue weighted by Crippen LogP contribution is -2.24. The van der Waals surface area contributed by atoms with E-state index >= 15 is 0 Å². The molecule has 2 aromatic rings. The summed E-state index contributed by atoms with van der Waals surface area (Å²) in [6.45, 7) is 2.27. The van der Waals surface area contributed by atoms with Gasteiger partial charge in [0, 0.05) is 5.02 Å². The normalized spacial score (nSPS) is 10.6. The number of nitrogens with zero attached hydrogens (tertiary/aromatic N) is 1. The second kappa shape index (κ2) is 9.15. The average molecular weight is 367 g/mol. The van der Waals surface area contributed by atoms with Crippen molar-refractivity contribution < 1.29 is 14.3 Å². The van der Waals surface area contributed by atoms with Crippen LogP contribution in [0, 0.1) is 0 Å². The molecule has 0 fully saturated rings. The van der Waals surface area contributed by atoms with Crippen molar-refractivity contribution in [1.82, 2.24) is 5.43 Å². The Morgan fingerprint density at radius 3 is 2.58 bits per heavy atom. The van der Waals surface area contributed by atoms with E-state index in [1.165, 1.54) is 6.21 Å². The average Bonchev–Trinajstić information content (AvgIpc) is 2.57. The van der Waals surface area contributed by atoms with Gasteiger partial charge in [-0.25, -0.2) is 5.43 Å². The van der Waals surface area contributed by atoms with Gasteiger partial charge < -0.3 is 9.47 Å². The molecular formula is C17H16Cl2N2O3. The van der Waals surface area contributed by atoms with Crippen molar-refractivity contribution in [2.75, 3.05) is 13.2 Å². The molecular weight excluding hydrogens is 351 g/mol. The molecule has 2 aromatic carbocycles. The van der Waals surface area contributed by atoms with Gasteiger partial charge in [0.05, 0.1) is 17.8 Å². The Hall–Kier alpha value is -2.24. The molecule has 0 saturated heterocycles. The summed E-state index contributed by atoms with van der Waals surface area (Å²) in [5.41, 5.74) is 3.12. The minimum absolute atomic E-state index is 0.150. The molecule has 1 N–H and O–H groups in total. The van der Waals surface area contributed by atoms with E-state index < -0.39 is 0 Å². The smallest absolute Gasteiger partial charge is 0.277 e. The second-order valence-electron chi connectivity index (χ2n) is 4.66. The van der Waals surface area contributed by atoms with Gasteiger partial charge in [-0.15, -0.1) is 0 Å². The highest BCUT2D eigenvalue weighted by Crippen LogP contribution is 2.24. The Balaban J connectivity index is 1.81. The Labute approximate surface area is 150 Å². The first-order valence-corrected chi connectivity index (χ1v) is 7.96. The number of hydrazone groups is 1. The fraction of sp³-hybridized carbons (Fsp3) is 0.176. The maximum atomic E-state index is 11.7. The highest BCUT2D eigenvalue weighted by molar-refractivity contribution is 6.32. The van der Waals surface area contributed by atoms with Gasteiger partial charge in [-0.2, -0.15) is 5.10 Å². The van der Waals surface area contributed by atoms with Gasteiger partial charge >= 0.3 is 0 Å². The van der Waals surface area contributed by atoms with E-state index in [0.29, 0.717) is 28.2 Å². The lowest BCUT2D eigenvalue weighted by Gasteiger charge is -2.06. The van der Waals surface area contributed by atoms with Crippen molar-refractivity contribution in [2.45, 2.75) is 6.92 Å². The van der Waals surface area contributed by atoms with Gasteiger partial charge in [0.2, 0.25) is 0 Å². The topological polar surface area (TPSA) is 59.9 Å². The van der Waals surface area contributed by atoms with E-state index in [2.05, 4.69) is 10.5 Å². The van der Waals surface area contributed by atoms with E-state index in [0.717, 1.165) is 5.56 Å². The van der Waals surface area contributed by atoms with E-state index in [1.54, 1.807) is 42.5 Å². The molecule has 1 amide bonds. The number of carbonyl (C=O) groups excluding carboxylic acids is 1. The number of hydrogen-bond acceptors (Lipinski definition) is 4. The van der Waals surface area contributed by atoms with E-state index in [4.69, 9.17) is 32.7 Å². The van der Waals surface area contributed by atoms with Crippen LogP contribution in [0.4, 0.5) is 0 Å². The predicted molar refractivity (Wildman–Crippen MR) is 95.3 cm³/mol. The number of carbonyl (C=O) groups is 1. The largest absolute Gasteiger partial charge is 0.492 e. The molecule has 0 aliphatic rings. The number of amides is 1. The quantitative estimate of drug-likeness (QED) is 0.596. The number of benzene rings is 2. The first-order valence-electron chi connectivity index (χ1n) is 7.21. The molecule has 0 aliphatic heterocycles. The zero-order chi connectivity index (χ0) is 17.4. The minimum atomic E-state index is -0.377. The third-order valence-corrected chi connectivity index (χ3v) is 3.39. The summed E-state index contributed by atoms with van der Waals surface area (Å²) in [4.78, 5) is 11.7. The highest BCUT2D eigenvalue weighted by atomic mass is 35.5. The Kier molecular flexibility index (Phi) is 6.90. The number of rotatable bonds is 7. The summed E-state index contributed by atoms with van der Waals surface area (Å²) < 4.78 is 10.6. The summed E-state index contributed by atoms with van der Waals surface area (Å²) in [6.07, 6.45) is 1.49. The SMILES string of the molecule is CCOc1ccc(/C=N/NC(=O)COc2ccc(Cl)cc2)cc1Cl. The lowest BCUT2D eigenvalue weighted by molar-refractivity contribution is -0.123. The van der Waals surface area contributed by atoms with Gasteiger partial charge in [0.25, 0.3) is 5.91 Å². The number of halogens is 2. The maximum Gasteiger partial charge on any atom is 0.277 e. The van der Waals surface area contributed by atoms with Crippen LogP contribution in [-0.2, 0) is 4.79 Å². The maximum absolute atomic E-state index is 11.7. The summed E-state index contributed by atoms with van der Waals surface area (Å²) in [6, 6.07) is 12.0. The van der Waals surface area contributed by atoms with Gasteiger partial charge in [0.15, 0.2) is 6.61 Å². The number of ether oxygens (including phenoxy) is 2. The molecule has 0 heterocycles. The van der Waals surface area contributed by atoms with Gasteiger partial charge in [-0.05, 0) is 55.0 Å². The third kappa shape index (κ3) is 5.76. The zero-order valence-corrected chi connectivity index (χ0v) is 14.5. The first-order chi connectivity index (χ1) is 11.6. The molecule has 24 heavy (non-hydrogen) atoms. The van der Waals surface area contributed by atoms with Gasteiger partial charge in [-0.1, -0.05) is 23.2 Å². The summed E-state index contributed by atoms with van der Waals surface area (Å²) in [7, 11) is 0. The molecule has 0 aromatic heterocycles. The molecule has 5 nitrogen and oxygen atoms in total. The van der Waals surface area contributed by atoms with Crippen LogP contribution in [0.1, 0.15) is 12.5 Å². The predicted octanol–water partition coefficient (Wildman–Crippen LogP) is 3.92. The molecule has 0 unspecified atom stereocenters. The Bertz CT molecular complexity index is 718.